The van der Waals surface area contributed by atoms with Crippen molar-refractivity contribution >= 4 is 29.3 Å². The molecule has 20 heavy (non-hydrogen) atoms. The van der Waals surface area contributed by atoms with Crippen LogP contribution < -0.4 is 11.1 Å². The highest BCUT2D eigenvalue weighted by Crippen LogP contribution is 2.20. The van der Waals surface area contributed by atoms with E-state index in [0.29, 0.717) is 29.1 Å². The van der Waals surface area contributed by atoms with Gasteiger partial charge in [-0.1, -0.05) is 12.1 Å². The lowest BCUT2D eigenvalue weighted by molar-refractivity contribution is 0.112. The van der Waals surface area contributed by atoms with Gasteiger partial charge in [0, 0.05) is 11.8 Å². The summed E-state index contributed by atoms with van der Waals surface area (Å²) in [7, 11) is 0. The van der Waals surface area contributed by atoms with Crippen LogP contribution in [-0.4, -0.2) is 20.9 Å². The number of carbonyl (C=O) groups is 1. The van der Waals surface area contributed by atoms with Crippen molar-refractivity contribution in [2.75, 3.05) is 11.1 Å². The highest BCUT2D eigenvalue weighted by Gasteiger charge is 2.09. The van der Waals surface area contributed by atoms with Gasteiger partial charge in [0.05, 0.1) is 11.8 Å². The first kappa shape index (κ1) is 12.2. The summed E-state index contributed by atoms with van der Waals surface area (Å²) in [5.74, 6) is 0.988. The minimum Gasteiger partial charge on any atom is -0.383 e. The zero-order valence-corrected chi connectivity index (χ0v) is 10.9. The molecular formula is C14H13N5O. The van der Waals surface area contributed by atoms with E-state index in [0.717, 1.165) is 11.3 Å². The molecule has 3 N–H and O–H groups in total. The third kappa shape index (κ3) is 2.07. The molecule has 100 valence electrons. The van der Waals surface area contributed by atoms with Gasteiger partial charge in [0.2, 0.25) is 0 Å². The van der Waals surface area contributed by atoms with Crippen molar-refractivity contribution < 1.29 is 4.79 Å². The van der Waals surface area contributed by atoms with Crippen LogP contribution in [0.3, 0.4) is 0 Å². The molecule has 6 nitrogen and oxygen atoms in total. The Morgan fingerprint density at radius 1 is 1.35 bits per heavy atom. The Hall–Kier alpha value is -2.89. The number of nitrogen functional groups attached to an aromatic ring is 1. The molecule has 0 radical (unpaired) electrons. The van der Waals surface area contributed by atoms with E-state index in [1.807, 2.05) is 31.2 Å². The molecule has 0 spiro atoms. The third-order valence-corrected chi connectivity index (χ3v) is 2.94. The Morgan fingerprint density at radius 3 is 2.95 bits per heavy atom. The first-order chi connectivity index (χ1) is 9.67. The van der Waals surface area contributed by atoms with Crippen molar-refractivity contribution in [2.24, 2.45) is 0 Å². The lowest BCUT2D eigenvalue weighted by Crippen LogP contribution is -2.03. The predicted molar refractivity (Wildman–Crippen MR) is 77.2 cm³/mol. The minimum absolute atomic E-state index is 0.407. The SMILES string of the molecule is Cc1cccc(Nc2cc(N)n3ncc(C=O)c3n2)c1. The molecule has 2 heterocycles. The summed E-state index contributed by atoms with van der Waals surface area (Å²) in [4.78, 5) is 15.3. The molecule has 0 amide bonds. The van der Waals surface area contributed by atoms with Crippen molar-refractivity contribution in [2.45, 2.75) is 6.92 Å². The molecule has 3 rings (SSSR count). The van der Waals surface area contributed by atoms with Gasteiger partial charge in [0.1, 0.15) is 11.6 Å². The minimum atomic E-state index is 0.407. The van der Waals surface area contributed by atoms with Gasteiger partial charge < -0.3 is 11.1 Å². The number of nitrogens with one attached hydrogen (secondary N) is 1. The normalized spacial score (nSPS) is 10.7. The molecule has 6 heteroatoms. The number of aromatic nitrogens is 3. The van der Waals surface area contributed by atoms with Gasteiger partial charge in [0.15, 0.2) is 11.9 Å². The molecule has 0 saturated carbocycles. The van der Waals surface area contributed by atoms with Crippen molar-refractivity contribution in [1.82, 2.24) is 14.6 Å². The van der Waals surface area contributed by atoms with Crippen molar-refractivity contribution in [3.05, 3.63) is 47.7 Å². The van der Waals surface area contributed by atoms with Gasteiger partial charge in [0.25, 0.3) is 0 Å². The molecule has 0 aliphatic rings. The molecule has 0 saturated heterocycles. The van der Waals surface area contributed by atoms with E-state index in [4.69, 9.17) is 5.73 Å². The first-order valence-electron chi connectivity index (χ1n) is 6.10. The molecule has 0 unspecified atom stereocenters. The first-order valence-corrected chi connectivity index (χ1v) is 6.10. The van der Waals surface area contributed by atoms with Gasteiger partial charge >= 0.3 is 0 Å². The lowest BCUT2D eigenvalue weighted by atomic mass is 10.2. The second kappa shape index (κ2) is 4.65. The number of carbonyl (C=O) groups excluding carboxylic acids is 1. The standard InChI is InChI=1S/C14H13N5O/c1-9-3-2-4-11(5-9)17-13-6-12(15)19-14(18-13)10(8-20)7-16-19/h2-8H,15H2,1H3,(H,17,18). The number of nitrogens with zero attached hydrogens (tertiary/aromatic N) is 3. The van der Waals surface area contributed by atoms with Gasteiger partial charge in [-0.25, -0.2) is 4.98 Å². The summed E-state index contributed by atoms with van der Waals surface area (Å²) in [6, 6.07) is 9.58. The number of fused-ring (bicyclic) bond motifs is 1. The monoisotopic (exact) mass is 267 g/mol. The Morgan fingerprint density at radius 2 is 2.20 bits per heavy atom. The zero-order chi connectivity index (χ0) is 14.1. The fraction of sp³-hybridized carbons (Fsp3) is 0.0714. The number of aryl methyl sites for hydroxylation is 1. The van der Waals surface area contributed by atoms with Crippen LogP contribution in [0.15, 0.2) is 36.5 Å². The Bertz CT molecular complexity index is 793. The fourth-order valence-electron chi connectivity index (χ4n) is 2.02. The van der Waals surface area contributed by atoms with Crippen LogP contribution in [0, 0.1) is 6.92 Å². The van der Waals surface area contributed by atoms with E-state index >= 15 is 0 Å². The molecule has 1 aromatic carbocycles. The molecular weight excluding hydrogens is 254 g/mol. The maximum atomic E-state index is 11.0. The number of aldehydes is 1. The van der Waals surface area contributed by atoms with Crippen LogP contribution in [0.25, 0.3) is 5.65 Å². The van der Waals surface area contributed by atoms with E-state index in [1.165, 1.54) is 10.7 Å². The molecule has 0 aliphatic heterocycles. The van der Waals surface area contributed by atoms with Crippen LogP contribution in [0.1, 0.15) is 15.9 Å². The lowest BCUT2D eigenvalue weighted by Gasteiger charge is -2.08. The predicted octanol–water partition coefficient (Wildman–Crippen LogP) is 2.18. The zero-order valence-electron chi connectivity index (χ0n) is 10.9. The van der Waals surface area contributed by atoms with Crippen LogP contribution >= 0.6 is 0 Å². The third-order valence-electron chi connectivity index (χ3n) is 2.94. The summed E-state index contributed by atoms with van der Waals surface area (Å²) in [5, 5.41) is 7.19. The highest BCUT2D eigenvalue weighted by molar-refractivity contribution is 5.85. The number of nitrogens with two attached hydrogens (primary N) is 1. The van der Waals surface area contributed by atoms with Crippen LogP contribution in [-0.2, 0) is 0 Å². The number of benzene rings is 1. The molecule has 0 atom stereocenters. The average molecular weight is 267 g/mol. The molecule has 3 aromatic rings. The van der Waals surface area contributed by atoms with E-state index in [2.05, 4.69) is 15.4 Å². The van der Waals surface area contributed by atoms with Gasteiger partial charge in [-0.15, -0.1) is 0 Å². The summed E-state index contributed by atoms with van der Waals surface area (Å²) in [6.45, 7) is 2.01. The maximum absolute atomic E-state index is 11.0. The van der Waals surface area contributed by atoms with E-state index in [-0.39, 0.29) is 0 Å². The van der Waals surface area contributed by atoms with Gasteiger partial charge in [-0.05, 0) is 24.6 Å². The number of rotatable bonds is 3. The topological polar surface area (TPSA) is 85.3 Å². The molecule has 0 bridgehead atoms. The summed E-state index contributed by atoms with van der Waals surface area (Å²) >= 11 is 0. The Kier molecular flexibility index (Phi) is 2.83. The van der Waals surface area contributed by atoms with Gasteiger partial charge in [-0.2, -0.15) is 9.61 Å². The van der Waals surface area contributed by atoms with Crippen molar-refractivity contribution in [3.63, 3.8) is 0 Å². The van der Waals surface area contributed by atoms with Crippen molar-refractivity contribution in [3.8, 4) is 0 Å². The fourth-order valence-corrected chi connectivity index (χ4v) is 2.02. The molecule has 0 aliphatic carbocycles. The summed E-state index contributed by atoms with van der Waals surface area (Å²) < 4.78 is 1.44. The van der Waals surface area contributed by atoms with E-state index in [1.54, 1.807) is 6.07 Å². The summed E-state index contributed by atoms with van der Waals surface area (Å²) in [5.41, 5.74) is 8.81. The largest absolute Gasteiger partial charge is 0.383 e. The number of anilines is 3. The number of hydrogen-bond donors (Lipinski definition) is 2. The van der Waals surface area contributed by atoms with Crippen LogP contribution in [0.2, 0.25) is 0 Å². The second-order valence-electron chi connectivity index (χ2n) is 4.51. The molecule has 0 fully saturated rings. The van der Waals surface area contributed by atoms with Crippen LogP contribution in [0.5, 0.6) is 0 Å². The van der Waals surface area contributed by atoms with Crippen LogP contribution in [0.4, 0.5) is 17.3 Å². The maximum Gasteiger partial charge on any atom is 0.170 e. The number of hydrogen-bond acceptors (Lipinski definition) is 5. The Labute approximate surface area is 115 Å². The quantitative estimate of drug-likeness (QED) is 0.710. The van der Waals surface area contributed by atoms with Gasteiger partial charge in [-0.3, -0.25) is 4.79 Å². The smallest absolute Gasteiger partial charge is 0.170 e. The Balaban J connectivity index is 2.05. The summed E-state index contributed by atoms with van der Waals surface area (Å²) in [6.07, 6.45) is 2.16. The highest BCUT2D eigenvalue weighted by atomic mass is 16.1. The van der Waals surface area contributed by atoms with E-state index < -0.39 is 0 Å². The second-order valence-corrected chi connectivity index (χ2v) is 4.51. The van der Waals surface area contributed by atoms with Crippen molar-refractivity contribution in [1.29, 1.82) is 0 Å². The average Bonchev–Trinajstić information content (AvgIpc) is 2.82. The van der Waals surface area contributed by atoms with E-state index in [9.17, 15) is 4.79 Å². The molecule has 2 aromatic heterocycles.